The fourth-order valence-electron chi connectivity index (χ4n) is 3.28. The molecule has 3 rings (SSSR count). The van der Waals surface area contributed by atoms with E-state index in [0.29, 0.717) is 19.5 Å². The number of aromatic hydroxyl groups is 1. The van der Waals surface area contributed by atoms with Crippen LogP contribution in [0.2, 0.25) is 0 Å². The normalized spacial score (nSPS) is 11.7. The lowest BCUT2D eigenvalue weighted by Crippen LogP contribution is -2.37. The second-order valence-corrected chi connectivity index (χ2v) is 10.7. The van der Waals surface area contributed by atoms with E-state index in [4.69, 9.17) is 4.74 Å². The van der Waals surface area contributed by atoms with Crippen molar-refractivity contribution in [2.75, 3.05) is 6.54 Å². The number of amides is 1. The van der Waals surface area contributed by atoms with Gasteiger partial charge in [0.25, 0.3) is 0 Å². The van der Waals surface area contributed by atoms with E-state index in [1.807, 2.05) is 57.2 Å². The van der Waals surface area contributed by atoms with Crippen LogP contribution >= 0.6 is 0 Å². The van der Waals surface area contributed by atoms with Crippen LogP contribution in [0.15, 0.2) is 88.7 Å². The highest BCUT2D eigenvalue weighted by Crippen LogP contribution is 2.24. The first kappa shape index (κ1) is 24.3. The van der Waals surface area contributed by atoms with Crippen molar-refractivity contribution in [3.63, 3.8) is 0 Å². The third kappa shape index (κ3) is 6.83. The Kier molecular flexibility index (Phi) is 7.43. The predicted molar refractivity (Wildman–Crippen MR) is 127 cm³/mol. The average molecular weight is 468 g/mol. The molecule has 3 aromatic rings. The molecule has 0 fully saturated rings. The zero-order valence-corrected chi connectivity index (χ0v) is 19.9. The van der Waals surface area contributed by atoms with Gasteiger partial charge in [0.1, 0.15) is 11.4 Å². The van der Waals surface area contributed by atoms with Gasteiger partial charge >= 0.3 is 6.09 Å². The number of carbonyl (C=O) groups is 1. The summed E-state index contributed by atoms with van der Waals surface area (Å²) in [4.78, 5) is 14.6. The number of nitrogens with zero attached hydrogens (tertiary/aromatic N) is 1. The fraction of sp³-hybridized carbons (Fsp3) is 0.269. The number of hydrogen-bond donors (Lipinski definition) is 1. The number of phenolic OH excluding ortho intramolecular Hbond substituents is 1. The minimum absolute atomic E-state index is 0.0270. The van der Waals surface area contributed by atoms with Gasteiger partial charge in [0.05, 0.1) is 9.79 Å². The summed E-state index contributed by atoms with van der Waals surface area (Å²) >= 11 is 0. The molecule has 7 heteroatoms. The summed E-state index contributed by atoms with van der Waals surface area (Å²) in [5, 5.41) is 9.66. The van der Waals surface area contributed by atoms with Crippen molar-refractivity contribution in [3.05, 3.63) is 90.0 Å². The zero-order chi connectivity index (χ0) is 24.1. The van der Waals surface area contributed by atoms with Crippen molar-refractivity contribution in [1.82, 2.24) is 4.90 Å². The lowest BCUT2D eigenvalue weighted by Gasteiger charge is -2.27. The van der Waals surface area contributed by atoms with E-state index in [9.17, 15) is 18.3 Å². The number of sulfone groups is 1. The molecular weight excluding hydrogens is 438 g/mol. The Hall–Kier alpha value is -3.32. The third-order valence-corrected chi connectivity index (χ3v) is 6.62. The summed E-state index contributed by atoms with van der Waals surface area (Å²) in [6, 6.07) is 21.9. The Labute approximate surface area is 195 Å². The highest BCUT2D eigenvalue weighted by Gasteiger charge is 2.23. The highest BCUT2D eigenvalue weighted by atomic mass is 32.2. The molecule has 0 unspecified atom stereocenters. The largest absolute Gasteiger partial charge is 0.508 e. The molecular formula is C26H29NO5S. The molecule has 0 saturated heterocycles. The maximum atomic E-state index is 13.0. The van der Waals surface area contributed by atoms with E-state index >= 15 is 0 Å². The summed E-state index contributed by atoms with van der Waals surface area (Å²) in [5.41, 5.74) is 1.13. The van der Waals surface area contributed by atoms with E-state index in [1.54, 1.807) is 17.0 Å². The molecule has 3 aromatic carbocycles. The molecule has 0 spiro atoms. The van der Waals surface area contributed by atoms with E-state index < -0.39 is 21.5 Å². The van der Waals surface area contributed by atoms with Crippen molar-refractivity contribution in [1.29, 1.82) is 0 Å². The van der Waals surface area contributed by atoms with Gasteiger partial charge < -0.3 is 14.7 Å². The molecule has 174 valence electrons. The summed E-state index contributed by atoms with van der Waals surface area (Å²) < 4.78 is 31.5. The van der Waals surface area contributed by atoms with Crippen molar-refractivity contribution in [2.45, 2.75) is 49.1 Å². The Morgan fingerprint density at radius 3 is 2.12 bits per heavy atom. The summed E-state index contributed by atoms with van der Waals surface area (Å²) in [7, 11) is -3.78. The van der Waals surface area contributed by atoms with Crippen LogP contribution < -0.4 is 0 Å². The van der Waals surface area contributed by atoms with Crippen LogP contribution in [0.5, 0.6) is 5.75 Å². The first-order valence-corrected chi connectivity index (χ1v) is 12.2. The molecule has 1 amide bonds. The quantitative estimate of drug-likeness (QED) is 0.516. The number of hydrogen-bond acceptors (Lipinski definition) is 5. The molecule has 0 aliphatic heterocycles. The Balaban J connectivity index is 1.79. The average Bonchev–Trinajstić information content (AvgIpc) is 2.76. The van der Waals surface area contributed by atoms with Crippen LogP contribution in [-0.2, 0) is 27.5 Å². The Morgan fingerprint density at radius 2 is 1.48 bits per heavy atom. The van der Waals surface area contributed by atoms with Gasteiger partial charge in [0.2, 0.25) is 9.84 Å². The van der Waals surface area contributed by atoms with E-state index in [-0.39, 0.29) is 15.5 Å². The van der Waals surface area contributed by atoms with Crippen LogP contribution in [0.1, 0.15) is 31.9 Å². The Morgan fingerprint density at radius 1 is 0.879 bits per heavy atom. The minimum atomic E-state index is -3.78. The van der Waals surface area contributed by atoms with Gasteiger partial charge in [-0.2, -0.15) is 0 Å². The van der Waals surface area contributed by atoms with Crippen LogP contribution in [0.3, 0.4) is 0 Å². The minimum Gasteiger partial charge on any atom is -0.508 e. The van der Waals surface area contributed by atoms with E-state index in [2.05, 4.69) is 0 Å². The number of benzene rings is 3. The zero-order valence-electron chi connectivity index (χ0n) is 19.1. The Bertz CT molecular complexity index is 1200. The molecule has 0 saturated carbocycles. The number of carbonyl (C=O) groups excluding carboxylic acids is 1. The molecule has 6 nitrogen and oxygen atoms in total. The maximum absolute atomic E-state index is 13.0. The van der Waals surface area contributed by atoms with Gasteiger partial charge in [0.15, 0.2) is 0 Å². The molecule has 1 N–H and O–H groups in total. The molecule has 0 aromatic heterocycles. The van der Waals surface area contributed by atoms with Crippen molar-refractivity contribution in [2.24, 2.45) is 0 Å². The van der Waals surface area contributed by atoms with Crippen LogP contribution in [-0.4, -0.2) is 36.7 Å². The molecule has 0 aliphatic carbocycles. The summed E-state index contributed by atoms with van der Waals surface area (Å²) in [6.45, 7) is 6.21. The van der Waals surface area contributed by atoms with E-state index in [0.717, 1.165) is 11.1 Å². The first-order valence-electron chi connectivity index (χ1n) is 10.7. The van der Waals surface area contributed by atoms with Crippen LogP contribution in [0.25, 0.3) is 0 Å². The SMILES string of the molecule is CC(C)(C)OC(=O)N(CCc1cccc(S(=O)(=O)c2cccc(O)c2)c1)Cc1ccccc1. The third-order valence-electron chi connectivity index (χ3n) is 4.88. The predicted octanol–water partition coefficient (Wildman–Crippen LogP) is 5.20. The molecule has 0 heterocycles. The number of phenols is 1. The standard InChI is InChI=1S/C26H29NO5S/c1-26(2,3)32-25(29)27(19-21-9-5-4-6-10-21)16-15-20-11-7-13-23(17-20)33(30,31)24-14-8-12-22(28)18-24/h4-14,17-18,28H,15-16,19H2,1-3H3. The summed E-state index contributed by atoms with van der Waals surface area (Å²) in [5.74, 6) is -0.110. The first-order chi connectivity index (χ1) is 15.5. The second kappa shape index (κ2) is 10.1. The van der Waals surface area contributed by atoms with Crippen molar-refractivity contribution < 1.29 is 23.1 Å². The van der Waals surface area contributed by atoms with Crippen molar-refractivity contribution >= 4 is 15.9 Å². The van der Waals surface area contributed by atoms with Crippen LogP contribution in [0.4, 0.5) is 4.79 Å². The van der Waals surface area contributed by atoms with Gasteiger partial charge in [-0.3, -0.25) is 0 Å². The van der Waals surface area contributed by atoms with E-state index in [1.165, 1.54) is 30.3 Å². The number of ether oxygens (including phenoxy) is 1. The molecule has 0 atom stereocenters. The second-order valence-electron chi connectivity index (χ2n) is 8.79. The van der Waals surface area contributed by atoms with Gasteiger partial charge in [-0.05, 0) is 68.7 Å². The van der Waals surface area contributed by atoms with Crippen molar-refractivity contribution in [3.8, 4) is 5.75 Å². The smallest absolute Gasteiger partial charge is 0.410 e. The van der Waals surface area contributed by atoms with Gasteiger partial charge in [-0.1, -0.05) is 48.5 Å². The molecule has 33 heavy (non-hydrogen) atoms. The summed E-state index contributed by atoms with van der Waals surface area (Å²) in [6.07, 6.45) is 0.0324. The van der Waals surface area contributed by atoms with Gasteiger partial charge in [-0.15, -0.1) is 0 Å². The fourth-order valence-corrected chi connectivity index (χ4v) is 4.65. The lowest BCUT2D eigenvalue weighted by molar-refractivity contribution is 0.0235. The number of rotatable bonds is 7. The molecule has 0 bridgehead atoms. The van der Waals surface area contributed by atoms with Crippen LogP contribution in [0, 0.1) is 0 Å². The maximum Gasteiger partial charge on any atom is 0.410 e. The highest BCUT2D eigenvalue weighted by molar-refractivity contribution is 7.91. The lowest BCUT2D eigenvalue weighted by atomic mass is 10.1. The topological polar surface area (TPSA) is 83.9 Å². The molecule has 0 aliphatic rings. The van der Waals surface area contributed by atoms with Gasteiger partial charge in [-0.25, -0.2) is 13.2 Å². The monoisotopic (exact) mass is 467 g/mol. The molecule has 0 radical (unpaired) electrons. The van der Waals surface area contributed by atoms with Gasteiger partial charge in [0, 0.05) is 13.1 Å².